The monoisotopic (exact) mass is 258 g/mol. The quantitative estimate of drug-likeness (QED) is 0.877. The van der Waals surface area contributed by atoms with E-state index in [1.165, 1.54) is 55.5 Å². The average Bonchev–Trinajstić information content (AvgIpc) is 2.76. The average molecular weight is 258 g/mol. The fourth-order valence-electron chi connectivity index (χ4n) is 3.98. The molecule has 0 aromatic heterocycles. The minimum atomic E-state index is 0.442. The van der Waals surface area contributed by atoms with Crippen molar-refractivity contribution < 1.29 is 0 Å². The Morgan fingerprint density at radius 3 is 2.47 bits per heavy atom. The zero-order chi connectivity index (χ0) is 13.3. The van der Waals surface area contributed by atoms with Crippen LogP contribution in [0.2, 0.25) is 0 Å². The van der Waals surface area contributed by atoms with Crippen LogP contribution in [0.1, 0.15) is 42.4 Å². The molecule has 1 aliphatic heterocycles. The van der Waals surface area contributed by atoms with E-state index >= 15 is 0 Å². The normalized spacial score (nSPS) is 23.1. The first-order chi connectivity index (χ1) is 9.15. The van der Waals surface area contributed by atoms with Crippen molar-refractivity contribution in [2.75, 3.05) is 19.6 Å². The van der Waals surface area contributed by atoms with Crippen LogP contribution in [0.3, 0.4) is 0 Å². The van der Waals surface area contributed by atoms with Gasteiger partial charge in [0.2, 0.25) is 0 Å². The Bertz CT molecular complexity index is 426. The van der Waals surface area contributed by atoms with Crippen molar-refractivity contribution in [2.24, 2.45) is 0 Å². The molecule has 1 spiro atoms. The van der Waals surface area contributed by atoms with Gasteiger partial charge in [0.15, 0.2) is 0 Å². The number of benzene rings is 1. The molecule has 3 rings (SSSR count). The highest BCUT2D eigenvalue weighted by molar-refractivity contribution is 5.28. The molecule has 2 nitrogen and oxygen atoms in total. The Morgan fingerprint density at radius 1 is 1.11 bits per heavy atom. The molecule has 0 atom stereocenters. The first-order valence-electron chi connectivity index (χ1n) is 7.70. The van der Waals surface area contributed by atoms with Crippen LogP contribution in [-0.4, -0.2) is 30.1 Å². The molecule has 1 aromatic rings. The summed E-state index contributed by atoms with van der Waals surface area (Å²) >= 11 is 0. The number of rotatable bonds is 2. The van der Waals surface area contributed by atoms with Crippen LogP contribution in [-0.2, 0) is 6.54 Å². The summed E-state index contributed by atoms with van der Waals surface area (Å²) in [5, 5.41) is 3.79. The van der Waals surface area contributed by atoms with E-state index < -0.39 is 0 Å². The molecule has 1 saturated carbocycles. The fourth-order valence-corrected chi connectivity index (χ4v) is 3.98. The summed E-state index contributed by atoms with van der Waals surface area (Å²) in [5.74, 6) is 0. The Labute approximate surface area is 117 Å². The minimum absolute atomic E-state index is 0.442. The maximum atomic E-state index is 3.79. The lowest BCUT2D eigenvalue weighted by Crippen LogP contribution is -2.58. The lowest BCUT2D eigenvalue weighted by molar-refractivity contribution is 0.129. The molecule has 0 unspecified atom stereocenters. The van der Waals surface area contributed by atoms with E-state index in [0.717, 1.165) is 13.1 Å². The standard InChI is InChI=1S/C17H26N2/c1-14-9-15(2)11-16(10-14)12-19-8-7-18-17(13-19)5-3-4-6-17/h9-11,18H,3-8,12-13H2,1-2H3. The minimum Gasteiger partial charge on any atom is -0.309 e. The number of piperazine rings is 1. The van der Waals surface area contributed by atoms with Gasteiger partial charge in [-0.3, -0.25) is 4.90 Å². The summed E-state index contributed by atoms with van der Waals surface area (Å²) in [6, 6.07) is 6.95. The first-order valence-corrected chi connectivity index (χ1v) is 7.70. The van der Waals surface area contributed by atoms with Gasteiger partial charge in [0.05, 0.1) is 0 Å². The SMILES string of the molecule is Cc1cc(C)cc(CN2CCNC3(CCCC3)C2)c1. The van der Waals surface area contributed by atoms with Crippen molar-refractivity contribution in [3.63, 3.8) is 0 Å². The van der Waals surface area contributed by atoms with Gasteiger partial charge < -0.3 is 5.32 Å². The summed E-state index contributed by atoms with van der Waals surface area (Å²) in [6.45, 7) is 9.10. The lowest BCUT2D eigenvalue weighted by atomic mass is 9.94. The molecule has 0 amide bonds. The number of aryl methyl sites for hydroxylation is 2. The van der Waals surface area contributed by atoms with Gasteiger partial charge >= 0.3 is 0 Å². The summed E-state index contributed by atoms with van der Waals surface area (Å²) in [6.07, 6.45) is 5.56. The van der Waals surface area contributed by atoms with E-state index in [-0.39, 0.29) is 0 Å². The van der Waals surface area contributed by atoms with Crippen molar-refractivity contribution in [3.8, 4) is 0 Å². The molecule has 2 heteroatoms. The molecular weight excluding hydrogens is 232 g/mol. The topological polar surface area (TPSA) is 15.3 Å². The molecule has 1 aromatic carbocycles. The molecule has 0 radical (unpaired) electrons. The third-order valence-electron chi connectivity index (χ3n) is 4.70. The second-order valence-corrected chi connectivity index (χ2v) is 6.62. The zero-order valence-electron chi connectivity index (χ0n) is 12.3. The molecule has 104 valence electrons. The highest BCUT2D eigenvalue weighted by Crippen LogP contribution is 2.32. The molecule has 1 saturated heterocycles. The van der Waals surface area contributed by atoms with Gasteiger partial charge in [-0.2, -0.15) is 0 Å². The van der Waals surface area contributed by atoms with Gasteiger partial charge in [0, 0.05) is 31.7 Å². The van der Waals surface area contributed by atoms with Crippen LogP contribution in [0, 0.1) is 13.8 Å². The van der Waals surface area contributed by atoms with E-state index in [1.807, 2.05) is 0 Å². The third-order valence-corrected chi connectivity index (χ3v) is 4.70. The Hall–Kier alpha value is -0.860. The largest absolute Gasteiger partial charge is 0.309 e. The summed E-state index contributed by atoms with van der Waals surface area (Å²) in [5.41, 5.74) is 4.70. The van der Waals surface area contributed by atoms with Gasteiger partial charge in [-0.05, 0) is 32.3 Å². The predicted octanol–water partition coefficient (Wildman–Crippen LogP) is 3.02. The van der Waals surface area contributed by atoms with Crippen LogP contribution < -0.4 is 5.32 Å². The van der Waals surface area contributed by atoms with Crippen LogP contribution in [0.25, 0.3) is 0 Å². The number of hydrogen-bond acceptors (Lipinski definition) is 2. The molecule has 0 bridgehead atoms. The molecule has 1 heterocycles. The molecular formula is C17H26N2. The second kappa shape index (κ2) is 5.26. The van der Waals surface area contributed by atoms with Crippen molar-refractivity contribution >= 4 is 0 Å². The van der Waals surface area contributed by atoms with Gasteiger partial charge in [0.25, 0.3) is 0 Å². The molecule has 1 aliphatic carbocycles. The van der Waals surface area contributed by atoms with Crippen molar-refractivity contribution in [2.45, 2.75) is 51.6 Å². The van der Waals surface area contributed by atoms with Crippen molar-refractivity contribution in [3.05, 3.63) is 34.9 Å². The number of nitrogens with one attached hydrogen (secondary N) is 1. The Balaban J connectivity index is 1.69. The van der Waals surface area contributed by atoms with Crippen LogP contribution >= 0.6 is 0 Å². The highest BCUT2D eigenvalue weighted by Gasteiger charge is 2.37. The number of nitrogens with zero attached hydrogens (tertiary/aromatic N) is 1. The summed E-state index contributed by atoms with van der Waals surface area (Å²) < 4.78 is 0. The van der Waals surface area contributed by atoms with Crippen LogP contribution in [0.15, 0.2) is 18.2 Å². The van der Waals surface area contributed by atoms with E-state index in [4.69, 9.17) is 0 Å². The van der Waals surface area contributed by atoms with E-state index in [2.05, 4.69) is 42.3 Å². The van der Waals surface area contributed by atoms with Crippen LogP contribution in [0.4, 0.5) is 0 Å². The third kappa shape index (κ3) is 3.01. The first kappa shape index (κ1) is 13.1. The van der Waals surface area contributed by atoms with Crippen molar-refractivity contribution in [1.29, 1.82) is 0 Å². The molecule has 1 N–H and O–H groups in total. The zero-order valence-corrected chi connectivity index (χ0v) is 12.3. The fraction of sp³-hybridized carbons (Fsp3) is 0.647. The number of hydrogen-bond donors (Lipinski definition) is 1. The van der Waals surface area contributed by atoms with E-state index in [0.29, 0.717) is 5.54 Å². The highest BCUT2D eigenvalue weighted by atomic mass is 15.2. The van der Waals surface area contributed by atoms with E-state index in [9.17, 15) is 0 Å². The lowest BCUT2D eigenvalue weighted by Gasteiger charge is -2.41. The predicted molar refractivity (Wildman–Crippen MR) is 80.4 cm³/mol. The van der Waals surface area contributed by atoms with Crippen LogP contribution in [0.5, 0.6) is 0 Å². The maximum Gasteiger partial charge on any atom is 0.0309 e. The van der Waals surface area contributed by atoms with Gasteiger partial charge in [-0.25, -0.2) is 0 Å². The Kier molecular flexibility index (Phi) is 3.64. The van der Waals surface area contributed by atoms with Gasteiger partial charge in [-0.15, -0.1) is 0 Å². The Morgan fingerprint density at radius 2 is 1.79 bits per heavy atom. The maximum absolute atomic E-state index is 3.79. The van der Waals surface area contributed by atoms with Crippen molar-refractivity contribution in [1.82, 2.24) is 10.2 Å². The smallest absolute Gasteiger partial charge is 0.0309 e. The van der Waals surface area contributed by atoms with E-state index in [1.54, 1.807) is 0 Å². The molecule has 2 fully saturated rings. The van der Waals surface area contributed by atoms with Gasteiger partial charge in [0.1, 0.15) is 0 Å². The van der Waals surface area contributed by atoms with Gasteiger partial charge in [-0.1, -0.05) is 42.2 Å². The summed E-state index contributed by atoms with van der Waals surface area (Å²) in [4.78, 5) is 2.65. The summed E-state index contributed by atoms with van der Waals surface area (Å²) in [7, 11) is 0. The second-order valence-electron chi connectivity index (χ2n) is 6.62. The molecule has 19 heavy (non-hydrogen) atoms. The molecule has 2 aliphatic rings.